The second-order valence-electron chi connectivity index (χ2n) is 6.83. The van der Waals surface area contributed by atoms with E-state index in [0.29, 0.717) is 13.2 Å². The molecule has 25 heavy (non-hydrogen) atoms. The minimum Gasteiger partial charge on any atom is -0.486 e. The van der Waals surface area contributed by atoms with Crippen LogP contribution in [0.4, 0.5) is 0 Å². The van der Waals surface area contributed by atoms with E-state index in [9.17, 15) is 0 Å². The van der Waals surface area contributed by atoms with Gasteiger partial charge in [-0.1, -0.05) is 11.2 Å². The first-order chi connectivity index (χ1) is 12.2. The average Bonchev–Trinajstić information content (AvgIpc) is 2.95. The van der Waals surface area contributed by atoms with Crippen LogP contribution < -0.4 is 9.47 Å². The lowest BCUT2D eigenvalue weighted by atomic mass is 10.1. The van der Waals surface area contributed by atoms with Crippen molar-refractivity contribution in [3.05, 3.63) is 40.8 Å². The SMILES string of the molecule is Cc1noc(C)c1CN1CCN(Cc2ccc3c(c2)OCCO3)CC1. The van der Waals surface area contributed by atoms with Gasteiger partial charge in [-0.3, -0.25) is 9.80 Å². The number of piperazine rings is 1. The summed E-state index contributed by atoms with van der Waals surface area (Å²) >= 11 is 0. The molecule has 1 saturated heterocycles. The zero-order chi connectivity index (χ0) is 17.2. The van der Waals surface area contributed by atoms with Crippen LogP contribution in [0.2, 0.25) is 0 Å². The van der Waals surface area contributed by atoms with E-state index in [1.807, 2.05) is 19.9 Å². The van der Waals surface area contributed by atoms with Gasteiger partial charge in [0.05, 0.1) is 5.69 Å². The summed E-state index contributed by atoms with van der Waals surface area (Å²) in [5.41, 5.74) is 3.53. The molecule has 134 valence electrons. The fourth-order valence-corrected chi connectivity index (χ4v) is 3.50. The van der Waals surface area contributed by atoms with Crippen molar-refractivity contribution < 1.29 is 14.0 Å². The fraction of sp³-hybridized carbons (Fsp3) is 0.526. The van der Waals surface area contributed by atoms with Crippen molar-refractivity contribution in [2.24, 2.45) is 0 Å². The molecule has 6 heteroatoms. The molecule has 3 heterocycles. The Hall–Kier alpha value is -2.05. The third kappa shape index (κ3) is 3.65. The van der Waals surface area contributed by atoms with Gasteiger partial charge in [0, 0.05) is 44.8 Å². The standard InChI is InChI=1S/C19H25N3O3/c1-14-17(15(2)25-20-14)13-22-7-5-21(6-8-22)12-16-3-4-18-19(11-16)24-10-9-23-18/h3-4,11H,5-10,12-13H2,1-2H3. The van der Waals surface area contributed by atoms with E-state index in [2.05, 4.69) is 27.1 Å². The van der Waals surface area contributed by atoms with Gasteiger partial charge in [0.15, 0.2) is 11.5 Å². The van der Waals surface area contributed by atoms with Gasteiger partial charge < -0.3 is 14.0 Å². The molecule has 0 N–H and O–H groups in total. The largest absolute Gasteiger partial charge is 0.486 e. The second kappa shape index (κ2) is 7.06. The van der Waals surface area contributed by atoms with Crippen LogP contribution in [0.5, 0.6) is 11.5 Å². The van der Waals surface area contributed by atoms with Crippen molar-refractivity contribution in [2.45, 2.75) is 26.9 Å². The molecule has 0 radical (unpaired) electrons. The third-order valence-corrected chi connectivity index (χ3v) is 5.04. The number of hydrogen-bond donors (Lipinski definition) is 0. The van der Waals surface area contributed by atoms with E-state index in [0.717, 1.165) is 62.2 Å². The van der Waals surface area contributed by atoms with Gasteiger partial charge in [0.25, 0.3) is 0 Å². The molecular formula is C19H25N3O3. The Morgan fingerprint density at radius 1 is 0.920 bits per heavy atom. The van der Waals surface area contributed by atoms with E-state index in [1.54, 1.807) is 0 Å². The Morgan fingerprint density at radius 3 is 2.28 bits per heavy atom. The predicted octanol–water partition coefficient (Wildman–Crippen LogP) is 2.38. The molecule has 1 aromatic carbocycles. The first-order valence-electron chi connectivity index (χ1n) is 8.94. The summed E-state index contributed by atoms with van der Waals surface area (Å²) < 4.78 is 16.6. The van der Waals surface area contributed by atoms with Crippen LogP contribution in [0.1, 0.15) is 22.6 Å². The summed E-state index contributed by atoms with van der Waals surface area (Å²) in [6.45, 7) is 11.4. The maximum atomic E-state index is 5.68. The molecule has 0 amide bonds. The summed E-state index contributed by atoms with van der Waals surface area (Å²) in [4.78, 5) is 4.97. The van der Waals surface area contributed by atoms with E-state index >= 15 is 0 Å². The quantitative estimate of drug-likeness (QED) is 0.850. The Kier molecular flexibility index (Phi) is 4.63. The molecule has 0 atom stereocenters. The van der Waals surface area contributed by atoms with Crippen LogP contribution in [-0.2, 0) is 13.1 Å². The molecule has 1 aromatic heterocycles. The molecule has 2 aliphatic heterocycles. The van der Waals surface area contributed by atoms with Gasteiger partial charge in [-0.2, -0.15) is 0 Å². The number of ether oxygens (including phenoxy) is 2. The summed E-state index contributed by atoms with van der Waals surface area (Å²) in [6.07, 6.45) is 0. The third-order valence-electron chi connectivity index (χ3n) is 5.04. The second-order valence-corrected chi connectivity index (χ2v) is 6.83. The Morgan fingerprint density at radius 2 is 1.60 bits per heavy atom. The molecule has 2 aromatic rings. The van der Waals surface area contributed by atoms with Crippen LogP contribution in [0.15, 0.2) is 22.7 Å². The molecule has 1 fully saturated rings. The molecule has 2 aliphatic rings. The highest BCUT2D eigenvalue weighted by atomic mass is 16.6. The van der Waals surface area contributed by atoms with Crippen molar-refractivity contribution in [2.75, 3.05) is 39.4 Å². The Balaban J connectivity index is 1.32. The highest BCUT2D eigenvalue weighted by Gasteiger charge is 2.20. The lowest BCUT2D eigenvalue weighted by Crippen LogP contribution is -2.45. The zero-order valence-corrected chi connectivity index (χ0v) is 15.0. The number of aromatic nitrogens is 1. The number of hydrogen-bond acceptors (Lipinski definition) is 6. The number of benzene rings is 1. The molecule has 0 aliphatic carbocycles. The molecule has 4 rings (SSSR count). The lowest BCUT2D eigenvalue weighted by molar-refractivity contribution is 0.121. The molecule has 0 saturated carbocycles. The highest BCUT2D eigenvalue weighted by molar-refractivity contribution is 5.43. The van der Waals surface area contributed by atoms with Crippen LogP contribution in [0.25, 0.3) is 0 Å². The number of rotatable bonds is 4. The maximum Gasteiger partial charge on any atom is 0.161 e. The summed E-state index contributed by atoms with van der Waals surface area (Å²) in [6, 6.07) is 6.28. The first-order valence-corrected chi connectivity index (χ1v) is 8.94. The van der Waals surface area contributed by atoms with Crippen molar-refractivity contribution in [1.82, 2.24) is 15.0 Å². The smallest absolute Gasteiger partial charge is 0.161 e. The summed E-state index contributed by atoms with van der Waals surface area (Å²) in [7, 11) is 0. The maximum absolute atomic E-state index is 5.68. The van der Waals surface area contributed by atoms with Gasteiger partial charge in [-0.15, -0.1) is 0 Å². The normalized spacial score (nSPS) is 18.5. The van der Waals surface area contributed by atoms with Crippen molar-refractivity contribution in [3.63, 3.8) is 0 Å². The van der Waals surface area contributed by atoms with E-state index in [4.69, 9.17) is 14.0 Å². The van der Waals surface area contributed by atoms with E-state index in [1.165, 1.54) is 11.1 Å². The monoisotopic (exact) mass is 343 g/mol. The highest BCUT2D eigenvalue weighted by Crippen LogP contribution is 2.31. The molecule has 0 spiro atoms. The lowest BCUT2D eigenvalue weighted by Gasteiger charge is -2.34. The average molecular weight is 343 g/mol. The first kappa shape index (κ1) is 16.4. The minimum absolute atomic E-state index is 0.636. The van der Waals surface area contributed by atoms with Gasteiger partial charge in [-0.25, -0.2) is 0 Å². The summed E-state index contributed by atoms with van der Waals surface area (Å²) in [5.74, 6) is 2.68. The van der Waals surface area contributed by atoms with Crippen molar-refractivity contribution in [3.8, 4) is 11.5 Å². The number of nitrogens with zero attached hydrogens (tertiary/aromatic N) is 3. The molecular weight excluding hydrogens is 318 g/mol. The van der Waals surface area contributed by atoms with Crippen molar-refractivity contribution in [1.29, 1.82) is 0 Å². The Labute approximate surface area is 148 Å². The fourth-order valence-electron chi connectivity index (χ4n) is 3.50. The number of aryl methyl sites for hydroxylation is 2. The van der Waals surface area contributed by atoms with Crippen LogP contribution in [-0.4, -0.2) is 54.3 Å². The molecule has 0 bridgehead atoms. The molecule has 6 nitrogen and oxygen atoms in total. The van der Waals surface area contributed by atoms with Gasteiger partial charge in [0.2, 0.25) is 0 Å². The van der Waals surface area contributed by atoms with Crippen LogP contribution in [0.3, 0.4) is 0 Å². The number of fused-ring (bicyclic) bond motifs is 1. The zero-order valence-electron chi connectivity index (χ0n) is 15.0. The van der Waals surface area contributed by atoms with Gasteiger partial charge in [0.1, 0.15) is 19.0 Å². The Bertz CT molecular complexity index is 716. The van der Waals surface area contributed by atoms with Gasteiger partial charge in [-0.05, 0) is 31.5 Å². The van der Waals surface area contributed by atoms with Gasteiger partial charge >= 0.3 is 0 Å². The van der Waals surface area contributed by atoms with Crippen LogP contribution in [0, 0.1) is 13.8 Å². The minimum atomic E-state index is 0.636. The summed E-state index contributed by atoms with van der Waals surface area (Å²) in [5, 5.41) is 4.05. The van der Waals surface area contributed by atoms with Crippen LogP contribution >= 0.6 is 0 Å². The van der Waals surface area contributed by atoms with E-state index in [-0.39, 0.29) is 0 Å². The molecule has 0 unspecified atom stereocenters. The predicted molar refractivity (Wildman–Crippen MR) is 94.0 cm³/mol. The topological polar surface area (TPSA) is 51.0 Å². The van der Waals surface area contributed by atoms with E-state index < -0.39 is 0 Å². The van der Waals surface area contributed by atoms with Crippen molar-refractivity contribution >= 4 is 0 Å².